The molecular formula is C23H23N3O5. The second-order valence-corrected chi connectivity index (χ2v) is 8.63. The Balaban J connectivity index is 1.55. The molecule has 0 amide bonds. The molecule has 2 aromatic heterocycles. The summed E-state index contributed by atoms with van der Waals surface area (Å²) >= 11 is 0. The molecule has 1 aromatic carbocycles. The number of likely N-dealkylation sites (tertiary alicyclic amines) is 1. The van der Waals surface area contributed by atoms with Crippen LogP contribution in [0.4, 0.5) is 0 Å². The average Bonchev–Trinajstić information content (AvgIpc) is 3.04. The van der Waals surface area contributed by atoms with E-state index < -0.39 is 18.0 Å². The van der Waals surface area contributed by atoms with Crippen molar-refractivity contribution in [1.29, 1.82) is 0 Å². The second-order valence-electron chi connectivity index (χ2n) is 8.63. The van der Waals surface area contributed by atoms with E-state index in [0.717, 1.165) is 17.5 Å². The zero-order valence-electron chi connectivity index (χ0n) is 17.1. The number of fused-ring (bicyclic) bond motifs is 5. The fourth-order valence-electron chi connectivity index (χ4n) is 5.40. The summed E-state index contributed by atoms with van der Waals surface area (Å²) in [7, 11) is 1.80. The van der Waals surface area contributed by atoms with Crippen molar-refractivity contribution in [1.82, 2.24) is 14.0 Å². The van der Waals surface area contributed by atoms with Gasteiger partial charge in [0.05, 0.1) is 5.56 Å². The number of carbonyl (C=O) groups is 2. The fourth-order valence-corrected chi connectivity index (χ4v) is 5.40. The van der Waals surface area contributed by atoms with Crippen LogP contribution < -0.4 is 5.56 Å². The van der Waals surface area contributed by atoms with Gasteiger partial charge in [-0.2, -0.15) is 0 Å². The largest absolute Gasteiger partial charge is 0.480 e. The Morgan fingerprint density at radius 3 is 2.65 bits per heavy atom. The van der Waals surface area contributed by atoms with E-state index in [9.17, 15) is 24.6 Å². The maximum Gasteiger partial charge on any atom is 0.335 e. The SMILES string of the molecule is Cn1cc([C@H](C(=O)O)N2C[C@@H]3C[C@@H](C2)c2cccc(=O)n2C3)c2ccc(C(=O)O)cc21. The van der Waals surface area contributed by atoms with Crippen molar-refractivity contribution in [3.8, 4) is 0 Å². The number of hydrogen-bond donors (Lipinski definition) is 2. The first-order valence-electron chi connectivity index (χ1n) is 10.3. The minimum Gasteiger partial charge on any atom is -0.480 e. The van der Waals surface area contributed by atoms with Crippen LogP contribution in [0.25, 0.3) is 10.9 Å². The lowest BCUT2D eigenvalue weighted by atomic mass is 9.82. The van der Waals surface area contributed by atoms with Crippen LogP contribution in [0.3, 0.4) is 0 Å². The maximum atomic E-state index is 12.4. The molecule has 2 bridgehead atoms. The summed E-state index contributed by atoms with van der Waals surface area (Å²) in [6.45, 7) is 1.75. The Bertz CT molecular complexity index is 1270. The summed E-state index contributed by atoms with van der Waals surface area (Å²) in [5.41, 5.74) is 2.49. The molecule has 1 fully saturated rings. The van der Waals surface area contributed by atoms with Crippen molar-refractivity contribution < 1.29 is 19.8 Å². The van der Waals surface area contributed by atoms with E-state index in [0.29, 0.717) is 30.7 Å². The van der Waals surface area contributed by atoms with Crippen LogP contribution in [0, 0.1) is 5.92 Å². The minimum atomic E-state index is -1.02. The number of aliphatic carboxylic acids is 1. The molecule has 0 unspecified atom stereocenters. The molecule has 1 saturated heterocycles. The number of carboxylic acids is 2. The molecule has 0 spiro atoms. The molecule has 160 valence electrons. The molecule has 8 heteroatoms. The third kappa shape index (κ3) is 3.14. The van der Waals surface area contributed by atoms with Crippen LogP contribution in [0.1, 0.15) is 40.0 Å². The van der Waals surface area contributed by atoms with Gasteiger partial charge in [-0.05, 0) is 30.5 Å². The third-order valence-electron chi connectivity index (χ3n) is 6.67. The molecule has 2 N–H and O–H groups in total. The first-order valence-corrected chi connectivity index (χ1v) is 10.3. The second kappa shape index (κ2) is 7.09. The van der Waals surface area contributed by atoms with Crippen molar-refractivity contribution in [3.63, 3.8) is 0 Å². The van der Waals surface area contributed by atoms with Crippen molar-refractivity contribution in [2.75, 3.05) is 13.1 Å². The Morgan fingerprint density at radius 1 is 1.10 bits per heavy atom. The van der Waals surface area contributed by atoms with E-state index in [4.69, 9.17) is 0 Å². The average molecular weight is 421 g/mol. The van der Waals surface area contributed by atoms with Crippen LogP contribution in [-0.2, 0) is 18.4 Å². The highest BCUT2D eigenvalue weighted by Crippen LogP contribution is 2.40. The lowest BCUT2D eigenvalue weighted by Crippen LogP contribution is -2.49. The van der Waals surface area contributed by atoms with Crippen LogP contribution in [-0.4, -0.2) is 49.3 Å². The van der Waals surface area contributed by atoms with Crippen molar-refractivity contribution >= 4 is 22.8 Å². The molecule has 3 atom stereocenters. The standard InChI is InChI=1S/C23H23N3O5/c1-24-12-17(16-6-5-14(22(28)29)8-19(16)24)21(23(30)31)25-9-13-7-15(11-25)18-3-2-4-20(27)26(18)10-13/h2-6,8,12-13,15,21H,7,9-11H2,1H3,(H,28,29)(H,30,31)/t13-,15-,21+/m0/s1. The number of hydrogen-bond acceptors (Lipinski definition) is 4. The smallest absolute Gasteiger partial charge is 0.335 e. The zero-order valence-corrected chi connectivity index (χ0v) is 17.1. The van der Waals surface area contributed by atoms with Gasteiger partial charge in [0.25, 0.3) is 5.56 Å². The van der Waals surface area contributed by atoms with Gasteiger partial charge in [0.15, 0.2) is 0 Å². The fraction of sp³-hybridized carbons (Fsp3) is 0.348. The van der Waals surface area contributed by atoms with Crippen LogP contribution >= 0.6 is 0 Å². The highest BCUT2D eigenvalue weighted by Gasteiger charge is 2.40. The molecule has 2 aliphatic heterocycles. The number of benzene rings is 1. The number of aromatic nitrogens is 2. The lowest BCUT2D eigenvalue weighted by molar-refractivity contribution is -0.144. The predicted octanol–water partition coefficient (Wildman–Crippen LogP) is 2.28. The molecular weight excluding hydrogens is 398 g/mol. The quantitative estimate of drug-likeness (QED) is 0.670. The van der Waals surface area contributed by atoms with Gasteiger partial charge < -0.3 is 19.3 Å². The van der Waals surface area contributed by atoms with Gasteiger partial charge in [-0.15, -0.1) is 0 Å². The number of rotatable bonds is 4. The van der Waals surface area contributed by atoms with E-state index >= 15 is 0 Å². The Morgan fingerprint density at radius 2 is 1.90 bits per heavy atom. The third-order valence-corrected chi connectivity index (χ3v) is 6.67. The number of piperidine rings is 1. The summed E-state index contributed by atoms with van der Waals surface area (Å²) in [4.78, 5) is 38.1. The first kappa shape index (κ1) is 19.6. The van der Waals surface area contributed by atoms with Crippen molar-refractivity contribution in [3.05, 3.63) is 69.8 Å². The van der Waals surface area contributed by atoms with Gasteiger partial charge in [-0.25, -0.2) is 4.79 Å². The van der Waals surface area contributed by atoms with Crippen LogP contribution in [0.5, 0.6) is 0 Å². The molecule has 0 radical (unpaired) electrons. The summed E-state index contributed by atoms with van der Waals surface area (Å²) in [6.07, 6.45) is 2.74. The number of carboxylic acid groups (broad SMARTS) is 2. The van der Waals surface area contributed by atoms with Gasteiger partial charge in [0.2, 0.25) is 0 Å². The van der Waals surface area contributed by atoms with Gasteiger partial charge in [-0.3, -0.25) is 14.5 Å². The molecule has 3 aromatic rings. The van der Waals surface area contributed by atoms with E-state index in [-0.39, 0.29) is 23.0 Å². The maximum absolute atomic E-state index is 12.4. The highest BCUT2D eigenvalue weighted by molar-refractivity contribution is 5.96. The molecule has 4 heterocycles. The normalized spacial score (nSPS) is 21.6. The van der Waals surface area contributed by atoms with Crippen LogP contribution in [0.15, 0.2) is 47.4 Å². The van der Waals surface area contributed by atoms with Crippen LogP contribution in [0.2, 0.25) is 0 Å². The molecule has 0 aliphatic carbocycles. The number of aromatic carboxylic acids is 1. The number of pyridine rings is 1. The van der Waals surface area contributed by atoms with Gasteiger partial charge in [0, 0.05) is 67.0 Å². The molecule has 8 nitrogen and oxygen atoms in total. The highest BCUT2D eigenvalue weighted by atomic mass is 16.4. The number of aryl methyl sites for hydroxylation is 1. The van der Waals surface area contributed by atoms with Crippen molar-refractivity contribution in [2.45, 2.75) is 24.9 Å². The van der Waals surface area contributed by atoms with Gasteiger partial charge in [0.1, 0.15) is 6.04 Å². The monoisotopic (exact) mass is 421 g/mol. The van der Waals surface area contributed by atoms with E-state index in [1.54, 1.807) is 42.1 Å². The minimum absolute atomic E-state index is 0.00118. The van der Waals surface area contributed by atoms with E-state index in [1.165, 1.54) is 6.07 Å². The summed E-state index contributed by atoms with van der Waals surface area (Å²) in [5.74, 6) is -1.63. The Labute approximate surface area is 177 Å². The molecule has 0 saturated carbocycles. The van der Waals surface area contributed by atoms with E-state index in [2.05, 4.69) is 0 Å². The molecule has 2 aliphatic rings. The van der Waals surface area contributed by atoms with Crippen molar-refractivity contribution in [2.24, 2.45) is 13.0 Å². The predicted molar refractivity (Wildman–Crippen MR) is 113 cm³/mol. The first-order chi connectivity index (χ1) is 14.8. The summed E-state index contributed by atoms with van der Waals surface area (Å²) in [5, 5.41) is 20.2. The summed E-state index contributed by atoms with van der Waals surface area (Å²) < 4.78 is 3.62. The van der Waals surface area contributed by atoms with Gasteiger partial charge >= 0.3 is 11.9 Å². The van der Waals surface area contributed by atoms with Gasteiger partial charge in [-0.1, -0.05) is 12.1 Å². The number of nitrogens with zero attached hydrogens (tertiary/aromatic N) is 3. The van der Waals surface area contributed by atoms with E-state index in [1.807, 2.05) is 15.5 Å². The zero-order chi connectivity index (χ0) is 21.9. The lowest BCUT2D eigenvalue weighted by Gasteiger charge is -2.44. The molecule has 5 rings (SSSR count). The topological polar surface area (TPSA) is 105 Å². The Hall–Kier alpha value is -3.39. The Kier molecular flexibility index (Phi) is 4.48. The molecule has 31 heavy (non-hydrogen) atoms. The summed E-state index contributed by atoms with van der Waals surface area (Å²) in [6, 6.07) is 9.26.